The number of furan rings is 1. The number of rotatable bonds is 1. The van der Waals surface area contributed by atoms with Gasteiger partial charge in [0.05, 0.1) is 16.4 Å². The first kappa shape index (κ1) is 15.3. The van der Waals surface area contributed by atoms with E-state index in [1.807, 2.05) is 54.6 Å². The number of hydrogen-bond donors (Lipinski definition) is 1. The van der Waals surface area contributed by atoms with E-state index in [-0.39, 0.29) is 5.75 Å². The minimum absolute atomic E-state index is 0.203. The lowest BCUT2D eigenvalue weighted by Crippen LogP contribution is -2.01. The van der Waals surface area contributed by atoms with E-state index >= 15 is 0 Å². The second-order valence-electron chi connectivity index (χ2n) is 6.92. The molecule has 0 aliphatic rings. The maximum Gasteiger partial charge on any atom is 0.149 e. The van der Waals surface area contributed by atoms with Crippen LogP contribution in [0.15, 0.2) is 77.3 Å². The van der Waals surface area contributed by atoms with E-state index in [0.717, 1.165) is 49.6 Å². The fraction of sp³-hybridized carbons (Fsp3) is 0. The molecule has 4 nitrogen and oxygen atoms in total. The van der Waals surface area contributed by atoms with Crippen LogP contribution in [0.2, 0.25) is 0 Å². The van der Waals surface area contributed by atoms with Crippen molar-refractivity contribution in [3.8, 4) is 11.6 Å². The topological polar surface area (TPSA) is 51.2 Å². The van der Waals surface area contributed by atoms with Gasteiger partial charge in [-0.1, -0.05) is 35.8 Å². The van der Waals surface area contributed by atoms with Crippen molar-refractivity contribution in [1.29, 1.82) is 0 Å². The van der Waals surface area contributed by atoms with Crippen molar-refractivity contribution in [2.24, 2.45) is 0 Å². The second-order valence-corrected chi connectivity index (χ2v) is 6.92. The van der Waals surface area contributed by atoms with Gasteiger partial charge in [0, 0.05) is 28.4 Å². The number of aromatic nitrogens is 2. The molecule has 5 heteroatoms. The number of fused-ring (bicyclic) bond motifs is 6. The predicted molar refractivity (Wildman–Crippen MR) is 113 cm³/mol. The molecule has 0 bridgehead atoms. The highest BCUT2D eigenvalue weighted by atomic mass is 16.3. The van der Waals surface area contributed by atoms with Crippen molar-refractivity contribution >= 4 is 57.1 Å². The van der Waals surface area contributed by atoms with E-state index in [2.05, 4.69) is 4.57 Å². The fourth-order valence-corrected chi connectivity index (χ4v) is 4.08. The quantitative estimate of drug-likeness (QED) is 0.437. The van der Waals surface area contributed by atoms with Crippen LogP contribution in [0.1, 0.15) is 0 Å². The van der Waals surface area contributed by atoms with E-state index in [4.69, 9.17) is 17.2 Å². The lowest BCUT2D eigenvalue weighted by Gasteiger charge is -2.08. The molecule has 3 aromatic heterocycles. The van der Waals surface area contributed by atoms with Gasteiger partial charge < -0.3 is 9.52 Å². The smallest absolute Gasteiger partial charge is 0.149 e. The van der Waals surface area contributed by atoms with E-state index in [9.17, 15) is 5.11 Å². The van der Waals surface area contributed by atoms with E-state index in [1.165, 1.54) is 0 Å². The van der Waals surface area contributed by atoms with Crippen LogP contribution in [0.5, 0.6) is 5.75 Å². The SMILES string of the molecule is [B]c1ccc2c(c1)c1ccc(O)cc1n2-c1nccc2oc3ccccc3c12. The number of pyridine rings is 1. The molecule has 3 heterocycles. The molecule has 130 valence electrons. The first-order valence-corrected chi connectivity index (χ1v) is 9.00. The molecule has 2 radical (unpaired) electrons. The number of aromatic hydroxyl groups is 1. The Kier molecular flexibility index (Phi) is 2.96. The normalized spacial score (nSPS) is 11.9. The number of phenols is 1. The van der Waals surface area contributed by atoms with Crippen molar-refractivity contribution in [3.05, 3.63) is 72.9 Å². The van der Waals surface area contributed by atoms with Crippen LogP contribution in [0.25, 0.3) is 49.6 Å². The third-order valence-corrected chi connectivity index (χ3v) is 5.25. The summed E-state index contributed by atoms with van der Waals surface area (Å²) in [6.07, 6.45) is 1.75. The molecule has 0 saturated heterocycles. The summed E-state index contributed by atoms with van der Waals surface area (Å²) in [5, 5.41) is 14.1. The van der Waals surface area contributed by atoms with Crippen LogP contribution >= 0.6 is 0 Å². The summed E-state index contributed by atoms with van der Waals surface area (Å²) in [6.45, 7) is 0. The van der Waals surface area contributed by atoms with Gasteiger partial charge in [0.1, 0.15) is 30.6 Å². The van der Waals surface area contributed by atoms with Gasteiger partial charge >= 0.3 is 0 Å². The zero-order valence-corrected chi connectivity index (χ0v) is 14.8. The molecule has 0 aliphatic carbocycles. The Morgan fingerprint density at radius 3 is 2.64 bits per heavy atom. The Balaban J connectivity index is 1.86. The van der Waals surface area contributed by atoms with Crippen LogP contribution in [-0.4, -0.2) is 22.5 Å². The summed E-state index contributed by atoms with van der Waals surface area (Å²) in [6, 6.07) is 21.0. The van der Waals surface area contributed by atoms with Crippen molar-refractivity contribution in [1.82, 2.24) is 9.55 Å². The Morgan fingerprint density at radius 1 is 0.821 bits per heavy atom. The standard InChI is InChI=1S/C23H13BN2O2/c24-13-5-8-18-17(11-13)15-7-6-14(27)12-19(15)26(18)23-22-16-3-1-2-4-20(16)28-21(22)9-10-25-23/h1-12,27H. The molecule has 28 heavy (non-hydrogen) atoms. The summed E-state index contributed by atoms with van der Waals surface area (Å²) in [5.74, 6) is 0.964. The molecule has 1 N–H and O–H groups in total. The van der Waals surface area contributed by atoms with Gasteiger partial charge in [-0.15, -0.1) is 0 Å². The van der Waals surface area contributed by atoms with Crippen LogP contribution < -0.4 is 5.46 Å². The molecule has 3 aromatic carbocycles. The number of phenolic OH excluding ortho intramolecular Hbond substituents is 1. The lowest BCUT2D eigenvalue weighted by atomic mass is 9.94. The summed E-state index contributed by atoms with van der Waals surface area (Å²) in [5.41, 5.74) is 4.13. The largest absolute Gasteiger partial charge is 0.508 e. The molecule has 0 aliphatic heterocycles. The van der Waals surface area contributed by atoms with Gasteiger partial charge in [0.2, 0.25) is 0 Å². The Bertz CT molecular complexity index is 1550. The molecule has 0 atom stereocenters. The zero-order chi connectivity index (χ0) is 18.8. The van der Waals surface area contributed by atoms with Crippen LogP contribution in [-0.2, 0) is 0 Å². The Labute approximate surface area is 161 Å². The third-order valence-electron chi connectivity index (χ3n) is 5.25. The molecule has 0 unspecified atom stereocenters. The number of benzene rings is 3. The highest BCUT2D eigenvalue weighted by molar-refractivity contribution is 6.34. The number of hydrogen-bond acceptors (Lipinski definition) is 3. The lowest BCUT2D eigenvalue weighted by molar-refractivity contribution is 0.476. The maximum atomic E-state index is 10.1. The first-order chi connectivity index (χ1) is 13.7. The number of para-hydroxylation sites is 1. The van der Waals surface area contributed by atoms with E-state index < -0.39 is 0 Å². The van der Waals surface area contributed by atoms with Gasteiger partial charge in [-0.25, -0.2) is 4.98 Å². The first-order valence-electron chi connectivity index (χ1n) is 9.00. The average Bonchev–Trinajstić information content (AvgIpc) is 3.23. The van der Waals surface area contributed by atoms with Crippen molar-refractivity contribution < 1.29 is 9.52 Å². The van der Waals surface area contributed by atoms with Crippen molar-refractivity contribution in [2.45, 2.75) is 0 Å². The third kappa shape index (κ3) is 1.98. The molecule has 6 rings (SSSR count). The zero-order valence-electron chi connectivity index (χ0n) is 14.8. The maximum absolute atomic E-state index is 10.1. The van der Waals surface area contributed by atoms with Crippen LogP contribution in [0.3, 0.4) is 0 Å². The fourth-order valence-electron chi connectivity index (χ4n) is 4.08. The summed E-state index contributed by atoms with van der Waals surface area (Å²) < 4.78 is 8.10. The van der Waals surface area contributed by atoms with Gasteiger partial charge in [-0.3, -0.25) is 4.57 Å². The van der Waals surface area contributed by atoms with Crippen molar-refractivity contribution in [2.75, 3.05) is 0 Å². The molecule has 0 fully saturated rings. The monoisotopic (exact) mass is 360 g/mol. The molecule has 0 spiro atoms. The van der Waals surface area contributed by atoms with Gasteiger partial charge in [-0.05, 0) is 30.3 Å². The van der Waals surface area contributed by atoms with Crippen LogP contribution in [0.4, 0.5) is 0 Å². The summed E-state index contributed by atoms with van der Waals surface area (Å²) in [7, 11) is 6.05. The highest BCUT2D eigenvalue weighted by Crippen LogP contribution is 2.37. The molecular weight excluding hydrogens is 347 g/mol. The highest BCUT2D eigenvalue weighted by Gasteiger charge is 2.18. The molecule has 0 amide bonds. The van der Waals surface area contributed by atoms with Gasteiger partial charge in [-0.2, -0.15) is 0 Å². The summed E-state index contributed by atoms with van der Waals surface area (Å²) in [4.78, 5) is 4.71. The predicted octanol–water partition coefficient (Wildman–Crippen LogP) is 4.58. The van der Waals surface area contributed by atoms with Gasteiger partial charge in [0.15, 0.2) is 0 Å². The minimum Gasteiger partial charge on any atom is -0.508 e. The van der Waals surface area contributed by atoms with Crippen LogP contribution in [0, 0.1) is 0 Å². The Hall–Kier alpha value is -3.73. The van der Waals surface area contributed by atoms with E-state index in [0.29, 0.717) is 5.46 Å². The molecule has 6 aromatic rings. The van der Waals surface area contributed by atoms with Crippen molar-refractivity contribution in [3.63, 3.8) is 0 Å². The van der Waals surface area contributed by atoms with E-state index in [1.54, 1.807) is 18.3 Å². The number of nitrogens with zero attached hydrogens (tertiary/aromatic N) is 2. The molecular formula is C23H13BN2O2. The summed E-state index contributed by atoms with van der Waals surface area (Å²) >= 11 is 0. The minimum atomic E-state index is 0.203. The molecule has 0 saturated carbocycles. The Morgan fingerprint density at radius 2 is 1.71 bits per heavy atom. The second kappa shape index (κ2) is 5.39. The average molecular weight is 360 g/mol. The van der Waals surface area contributed by atoms with Gasteiger partial charge in [0.25, 0.3) is 0 Å².